The summed E-state index contributed by atoms with van der Waals surface area (Å²) >= 11 is 5.85. The van der Waals surface area contributed by atoms with E-state index in [1.807, 2.05) is 35.8 Å². The topological polar surface area (TPSA) is 17.8 Å². The monoisotopic (exact) mass is 288 g/mol. The van der Waals surface area contributed by atoms with E-state index in [2.05, 4.69) is 11.1 Å². The van der Waals surface area contributed by atoms with Crippen LogP contribution in [0.25, 0.3) is 16.7 Å². The molecule has 2 nitrogen and oxygen atoms in total. The number of halogens is 2. The molecule has 0 atom stereocenters. The molecule has 0 aliphatic heterocycles. The van der Waals surface area contributed by atoms with E-state index in [0.717, 1.165) is 22.6 Å². The first-order valence-electron chi connectivity index (χ1n) is 6.49. The lowest BCUT2D eigenvalue weighted by Crippen LogP contribution is -2.02. The van der Waals surface area contributed by atoms with Crippen LogP contribution >= 0.6 is 11.6 Å². The van der Waals surface area contributed by atoms with Crippen molar-refractivity contribution in [3.05, 3.63) is 59.7 Å². The first-order valence-corrected chi connectivity index (χ1v) is 7.03. The maximum absolute atomic E-state index is 13.9. The number of alkyl halides is 1. The number of rotatable bonds is 3. The van der Waals surface area contributed by atoms with Crippen molar-refractivity contribution < 1.29 is 4.39 Å². The van der Waals surface area contributed by atoms with E-state index in [1.54, 1.807) is 6.07 Å². The minimum absolute atomic E-state index is 0.301. The van der Waals surface area contributed by atoms with Crippen molar-refractivity contribution in [2.45, 2.75) is 13.3 Å². The van der Waals surface area contributed by atoms with E-state index >= 15 is 0 Å². The third kappa shape index (κ3) is 2.18. The summed E-state index contributed by atoms with van der Waals surface area (Å²) in [7, 11) is 0. The molecular formula is C16H14ClFN2. The lowest BCUT2D eigenvalue weighted by atomic mass is 10.2. The number of aryl methyl sites for hydroxylation is 2. The Balaban J connectivity index is 2.32. The van der Waals surface area contributed by atoms with Gasteiger partial charge in [0.05, 0.1) is 5.52 Å². The van der Waals surface area contributed by atoms with Gasteiger partial charge in [-0.3, -0.25) is 4.57 Å². The maximum atomic E-state index is 13.9. The van der Waals surface area contributed by atoms with Crippen molar-refractivity contribution in [3.8, 4) is 5.69 Å². The van der Waals surface area contributed by atoms with Gasteiger partial charge < -0.3 is 0 Å². The molecule has 0 unspecified atom stereocenters. The third-order valence-electron chi connectivity index (χ3n) is 3.28. The average Bonchev–Trinajstić information content (AvgIpc) is 2.79. The van der Waals surface area contributed by atoms with Crippen LogP contribution in [-0.4, -0.2) is 15.4 Å². The molecule has 0 saturated heterocycles. The Morgan fingerprint density at radius 1 is 1.20 bits per heavy atom. The SMILES string of the molecule is Cc1cccc(-n2c(CCCl)nc3c(F)cccc32)c1. The normalized spacial score (nSPS) is 11.2. The standard InChI is InChI=1S/C16H14ClFN2/c1-11-4-2-5-12(10-11)20-14-7-3-6-13(18)16(14)19-15(20)8-9-17/h2-7,10H,8-9H2,1H3. The van der Waals surface area contributed by atoms with E-state index in [0.29, 0.717) is 17.8 Å². The third-order valence-corrected chi connectivity index (χ3v) is 3.47. The van der Waals surface area contributed by atoms with Crippen LogP contribution in [-0.2, 0) is 6.42 Å². The van der Waals surface area contributed by atoms with Gasteiger partial charge in [0.15, 0.2) is 5.82 Å². The van der Waals surface area contributed by atoms with Crippen LogP contribution in [0.15, 0.2) is 42.5 Å². The van der Waals surface area contributed by atoms with Gasteiger partial charge in [-0.1, -0.05) is 18.2 Å². The first kappa shape index (κ1) is 13.1. The van der Waals surface area contributed by atoms with Crippen molar-refractivity contribution in [1.29, 1.82) is 0 Å². The minimum atomic E-state index is -0.301. The number of hydrogen-bond donors (Lipinski definition) is 0. The molecule has 0 aliphatic carbocycles. The van der Waals surface area contributed by atoms with E-state index in [4.69, 9.17) is 11.6 Å². The molecule has 1 heterocycles. The highest BCUT2D eigenvalue weighted by molar-refractivity contribution is 6.17. The average molecular weight is 289 g/mol. The smallest absolute Gasteiger partial charge is 0.151 e. The first-order chi connectivity index (χ1) is 9.70. The summed E-state index contributed by atoms with van der Waals surface area (Å²) in [4.78, 5) is 4.41. The highest BCUT2D eigenvalue weighted by Gasteiger charge is 2.14. The van der Waals surface area contributed by atoms with E-state index in [-0.39, 0.29) is 5.82 Å². The molecule has 0 saturated carbocycles. The number of aromatic nitrogens is 2. The van der Waals surface area contributed by atoms with Gasteiger partial charge in [0, 0.05) is 18.0 Å². The Bertz CT molecular complexity index is 764. The van der Waals surface area contributed by atoms with E-state index in [9.17, 15) is 4.39 Å². The van der Waals surface area contributed by atoms with Gasteiger partial charge in [0.2, 0.25) is 0 Å². The molecule has 2 aromatic carbocycles. The summed E-state index contributed by atoms with van der Waals surface area (Å²) in [5, 5.41) is 0. The molecule has 0 aliphatic rings. The van der Waals surface area contributed by atoms with Gasteiger partial charge in [0.25, 0.3) is 0 Å². The van der Waals surface area contributed by atoms with Crippen molar-refractivity contribution in [2.75, 3.05) is 5.88 Å². The molecule has 0 bridgehead atoms. The van der Waals surface area contributed by atoms with Crippen molar-refractivity contribution in [1.82, 2.24) is 9.55 Å². The summed E-state index contributed by atoms with van der Waals surface area (Å²) in [6.45, 7) is 2.03. The lowest BCUT2D eigenvalue weighted by molar-refractivity contribution is 0.637. The fourth-order valence-corrected chi connectivity index (χ4v) is 2.59. The second-order valence-corrected chi connectivity index (χ2v) is 5.13. The van der Waals surface area contributed by atoms with Crippen LogP contribution in [0.2, 0.25) is 0 Å². The zero-order valence-electron chi connectivity index (χ0n) is 11.1. The van der Waals surface area contributed by atoms with Crippen LogP contribution in [0.3, 0.4) is 0 Å². The fraction of sp³-hybridized carbons (Fsp3) is 0.188. The second-order valence-electron chi connectivity index (χ2n) is 4.75. The molecule has 4 heteroatoms. The highest BCUT2D eigenvalue weighted by atomic mass is 35.5. The molecular weight excluding hydrogens is 275 g/mol. The van der Waals surface area contributed by atoms with Gasteiger partial charge in [-0.25, -0.2) is 9.37 Å². The maximum Gasteiger partial charge on any atom is 0.151 e. The number of benzene rings is 2. The van der Waals surface area contributed by atoms with Gasteiger partial charge in [0.1, 0.15) is 11.3 Å². The van der Waals surface area contributed by atoms with Crippen LogP contribution in [0.4, 0.5) is 4.39 Å². The van der Waals surface area contributed by atoms with Crippen LogP contribution in [0.1, 0.15) is 11.4 Å². The predicted octanol–water partition coefficient (Wildman–Crippen LogP) is 4.25. The summed E-state index contributed by atoms with van der Waals surface area (Å²) in [5.74, 6) is 0.937. The number of hydrogen-bond acceptors (Lipinski definition) is 1. The molecule has 3 aromatic rings. The van der Waals surface area contributed by atoms with E-state index < -0.39 is 0 Å². The Morgan fingerprint density at radius 3 is 2.75 bits per heavy atom. The summed E-state index contributed by atoms with van der Waals surface area (Å²) in [6, 6.07) is 13.1. The zero-order chi connectivity index (χ0) is 14.1. The molecule has 3 rings (SSSR count). The molecule has 0 N–H and O–H groups in total. The fourth-order valence-electron chi connectivity index (χ4n) is 2.42. The van der Waals surface area contributed by atoms with Gasteiger partial charge in [-0.05, 0) is 36.8 Å². The number of para-hydroxylation sites is 1. The Labute approximate surface area is 121 Å². The minimum Gasteiger partial charge on any atom is -0.296 e. The molecule has 0 spiro atoms. The van der Waals surface area contributed by atoms with Crippen molar-refractivity contribution in [3.63, 3.8) is 0 Å². The summed E-state index contributed by atoms with van der Waals surface area (Å²) in [6.07, 6.45) is 0.601. The summed E-state index contributed by atoms with van der Waals surface area (Å²) in [5.41, 5.74) is 3.31. The quantitative estimate of drug-likeness (QED) is 0.659. The Kier molecular flexibility index (Phi) is 3.45. The zero-order valence-corrected chi connectivity index (χ0v) is 11.9. The van der Waals surface area contributed by atoms with Crippen LogP contribution in [0, 0.1) is 12.7 Å². The number of nitrogens with zero attached hydrogens (tertiary/aromatic N) is 2. The van der Waals surface area contributed by atoms with Gasteiger partial charge in [-0.2, -0.15) is 0 Å². The highest BCUT2D eigenvalue weighted by Crippen LogP contribution is 2.24. The van der Waals surface area contributed by atoms with Gasteiger partial charge in [-0.15, -0.1) is 11.6 Å². The molecule has 0 fully saturated rings. The largest absolute Gasteiger partial charge is 0.296 e. The van der Waals surface area contributed by atoms with Crippen LogP contribution < -0.4 is 0 Å². The lowest BCUT2D eigenvalue weighted by Gasteiger charge is -2.09. The molecule has 1 aromatic heterocycles. The summed E-state index contributed by atoms with van der Waals surface area (Å²) < 4.78 is 15.9. The van der Waals surface area contributed by atoms with E-state index in [1.165, 1.54) is 6.07 Å². The molecule has 102 valence electrons. The Morgan fingerprint density at radius 2 is 2.00 bits per heavy atom. The second kappa shape index (κ2) is 5.25. The van der Waals surface area contributed by atoms with Crippen molar-refractivity contribution >= 4 is 22.6 Å². The molecule has 0 amide bonds. The Hall–Kier alpha value is -1.87. The van der Waals surface area contributed by atoms with Crippen LogP contribution in [0.5, 0.6) is 0 Å². The molecule has 20 heavy (non-hydrogen) atoms. The molecule has 0 radical (unpaired) electrons. The van der Waals surface area contributed by atoms with Gasteiger partial charge >= 0.3 is 0 Å². The van der Waals surface area contributed by atoms with Crippen molar-refractivity contribution in [2.24, 2.45) is 0 Å². The number of fused-ring (bicyclic) bond motifs is 1. The number of imidazole rings is 1. The predicted molar refractivity (Wildman–Crippen MR) is 80.2 cm³/mol.